The van der Waals surface area contributed by atoms with E-state index in [0.717, 1.165) is 44.2 Å². The molecule has 28 heavy (non-hydrogen) atoms. The van der Waals surface area contributed by atoms with Crippen molar-refractivity contribution in [2.45, 2.75) is 51.0 Å². The van der Waals surface area contributed by atoms with Gasteiger partial charge in [-0.25, -0.2) is 4.79 Å². The Morgan fingerprint density at radius 1 is 1.14 bits per heavy atom. The number of benzene rings is 1. The number of aromatic nitrogens is 2. The fraction of sp³-hybridized carbons (Fsp3) is 0.500. The highest BCUT2D eigenvalue weighted by Crippen LogP contribution is 2.35. The molecule has 2 aromatic rings. The molecular formula is C20H24N4O4. The van der Waals surface area contributed by atoms with Gasteiger partial charge in [0.1, 0.15) is 12.1 Å². The van der Waals surface area contributed by atoms with Crippen LogP contribution in [0.5, 0.6) is 0 Å². The molecule has 1 N–H and O–H groups in total. The van der Waals surface area contributed by atoms with Gasteiger partial charge in [0.15, 0.2) is 5.82 Å². The van der Waals surface area contributed by atoms with Crippen LogP contribution >= 0.6 is 0 Å². The lowest BCUT2D eigenvalue weighted by Gasteiger charge is -2.30. The van der Waals surface area contributed by atoms with Crippen molar-refractivity contribution in [2.24, 2.45) is 0 Å². The van der Waals surface area contributed by atoms with E-state index in [0.29, 0.717) is 30.4 Å². The molecule has 1 aliphatic carbocycles. The van der Waals surface area contributed by atoms with Gasteiger partial charge in [-0.15, -0.1) is 0 Å². The van der Waals surface area contributed by atoms with E-state index in [4.69, 9.17) is 9.26 Å². The summed E-state index contributed by atoms with van der Waals surface area (Å²) in [7, 11) is 0. The monoisotopic (exact) mass is 384 g/mol. The summed E-state index contributed by atoms with van der Waals surface area (Å²) in [6.45, 7) is 2.66. The molecule has 1 saturated heterocycles. The van der Waals surface area contributed by atoms with Gasteiger partial charge in [0.25, 0.3) is 5.91 Å². The van der Waals surface area contributed by atoms with Crippen LogP contribution in [0.4, 0.5) is 10.5 Å². The van der Waals surface area contributed by atoms with Crippen molar-refractivity contribution in [1.29, 1.82) is 0 Å². The van der Waals surface area contributed by atoms with Crippen molar-refractivity contribution in [3.05, 3.63) is 41.5 Å². The molecule has 0 atom stereocenters. The lowest BCUT2D eigenvalue weighted by Crippen LogP contribution is -2.46. The quantitative estimate of drug-likeness (QED) is 0.812. The molecule has 2 heterocycles. The fourth-order valence-electron chi connectivity index (χ4n) is 3.94. The van der Waals surface area contributed by atoms with Gasteiger partial charge in [-0.1, -0.05) is 30.8 Å². The van der Waals surface area contributed by atoms with E-state index >= 15 is 0 Å². The van der Waals surface area contributed by atoms with Crippen molar-refractivity contribution in [3.63, 3.8) is 0 Å². The number of carbonyl (C=O) groups excluding carboxylic acids is 2. The number of amides is 2. The second kappa shape index (κ2) is 7.61. The number of nitrogens with zero attached hydrogens (tertiary/aromatic N) is 3. The smallest absolute Gasteiger partial charge is 0.414 e. The highest BCUT2D eigenvalue weighted by atomic mass is 16.6. The normalized spacial score (nSPS) is 19.2. The van der Waals surface area contributed by atoms with E-state index < -0.39 is 5.54 Å². The van der Waals surface area contributed by atoms with Gasteiger partial charge in [0, 0.05) is 18.2 Å². The van der Waals surface area contributed by atoms with Gasteiger partial charge in [0.05, 0.1) is 6.54 Å². The minimum absolute atomic E-state index is 0.181. The number of carbonyl (C=O) groups is 2. The van der Waals surface area contributed by atoms with Crippen LogP contribution in [-0.2, 0) is 10.3 Å². The van der Waals surface area contributed by atoms with Crippen LogP contribution in [0.25, 0.3) is 0 Å². The van der Waals surface area contributed by atoms with Crippen LogP contribution in [-0.4, -0.2) is 35.3 Å². The largest absolute Gasteiger partial charge is 0.447 e. The molecule has 8 nitrogen and oxygen atoms in total. The number of ether oxygens (including phenoxy) is 1. The summed E-state index contributed by atoms with van der Waals surface area (Å²) in [5, 5.41) is 7.30. The first-order chi connectivity index (χ1) is 13.6. The summed E-state index contributed by atoms with van der Waals surface area (Å²) in [4.78, 5) is 30.7. The first-order valence-electron chi connectivity index (χ1n) is 9.75. The standard InChI is InChI=1S/C20H24N4O4/c1-14-21-18(23-28-14)20(10-4-2-3-5-11-20)22-17(25)15-6-8-16(9-7-15)24-12-13-27-19(24)26/h6-9H,2-5,10-13H2,1H3,(H,22,25). The molecule has 1 saturated carbocycles. The van der Waals surface area contributed by atoms with Gasteiger partial charge < -0.3 is 14.6 Å². The SMILES string of the molecule is Cc1nc(C2(NC(=O)c3ccc(N4CCOC4=O)cc3)CCCCCC2)no1. The fourth-order valence-corrected chi connectivity index (χ4v) is 3.94. The molecule has 0 spiro atoms. The predicted octanol–water partition coefficient (Wildman–Crippen LogP) is 3.31. The van der Waals surface area contributed by atoms with E-state index in [1.165, 1.54) is 0 Å². The molecule has 1 aromatic carbocycles. The predicted molar refractivity (Wildman–Crippen MR) is 101 cm³/mol. The molecule has 2 fully saturated rings. The third-order valence-electron chi connectivity index (χ3n) is 5.47. The van der Waals surface area contributed by atoms with E-state index in [1.54, 1.807) is 36.1 Å². The average Bonchev–Trinajstić information content (AvgIpc) is 3.25. The molecule has 1 aliphatic heterocycles. The molecule has 0 radical (unpaired) electrons. The minimum atomic E-state index is -0.608. The van der Waals surface area contributed by atoms with Crippen LogP contribution in [0.15, 0.2) is 28.8 Å². The molecule has 2 amide bonds. The first kappa shape index (κ1) is 18.5. The van der Waals surface area contributed by atoms with Crippen molar-refractivity contribution in [1.82, 2.24) is 15.5 Å². The Morgan fingerprint density at radius 3 is 2.43 bits per heavy atom. The molecule has 8 heteroatoms. The number of hydrogen-bond acceptors (Lipinski definition) is 6. The molecule has 148 valence electrons. The third-order valence-corrected chi connectivity index (χ3v) is 5.47. The highest BCUT2D eigenvalue weighted by molar-refractivity contribution is 5.96. The number of nitrogens with one attached hydrogen (secondary N) is 1. The summed E-state index contributed by atoms with van der Waals surface area (Å²) in [6, 6.07) is 6.98. The second-order valence-electron chi connectivity index (χ2n) is 7.40. The van der Waals surface area contributed by atoms with Crippen LogP contribution in [0.2, 0.25) is 0 Å². The van der Waals surface area contributed by atoms with Gasteiger partial charge in [0.2, 0.25) is 5.89 Å². The van der Waals surface area contributed by atoms with Gasteiger partial charge in [-0.05, 0) is 37.1 Å². The van der Waals surface area contributed by atoms with Crippen molar-refractivity contribution in [3.8, 4) is 0 Å². The van der Waals surface area contributed by atoms with Crippen LogP contribution < -0.4 is 10.2 Å². The minimum Gasteiger partial charge on any atom is -0.447 e. The number of hydrogen-bond donors (Lipinski definition) is 1. The first-order valence-corrected chi connectivity index (χ1v) is 9.75. The number of aryl methyl sites for hydroxylation is 1. The molecular weight excluding hydrogens is 360 g/mol. The van der Waals surface area contributed by atoms with Crippen LogP contribution in [0.1, 0.15) is 60.6 Å². The summed E-state index contributed by atoms with van der Waals surface area (Å²) in [5.41, 5.74) is 0.639. The maximum absolute atomic E-state index is 13.0. The van der Waals surface area contributed by atoms with Gasteiger partial charge in [-0.2, -0.15) is 4.98 Å². The zero-order valence-corrected chi connectivity index (χ0v) is 15.9. The van der Waals surface area contributed by atoms with E-state index in [-0.39, 0.29) is 12.0 Å². The molecule has 0 bridgehead atoms. The van der Waals surface area contributed by atoms with Crippen molar-refractivity contribution < 1.29 is 18.8 Å². The Morgan fingerprint density at radius 2 is 1.86 bits per heavy atom. The molecule has 2 aliphatic rings. The number of rotatable bonds is 4. The maximum Gasteiger partial charge on any atom is 0.414 e. The Bertz CT molecular complexity index is 853. The van der Waals surface area contributed by atoms with Crippen LogP contribution in [0, 0.1) is 6.92 Å². The van der Waals surface area contributed by atoms with Gasteiger partial charge in [-0.3, -0.25) is 9.69 Å². The Balaban J connectivity index is 1.55. The summed E-state index contributed by atoms with van der Waals surface area (Å²) >= 11 is 0. The zero-order valence-electron chi connectivity index (χ0n) is 15.9. The topological polar surface area (TPSA) is 97.6 Å². The maximum atomic E-state index is 13.0. The molecule has 1 aromatic heterocycles. The van der Waals surface area contributed by atoms with Crippen molar-refractivity contribution in [2.75, 3.05) is 18.1 Å². The Hall–Kier alpha value is -2.90. The van der Waals surface area contributed by atoms with Crippen LogP contribution in [0.3, 0.4) is 0 Å². The van der Waals surface area contributed by atoms with E-state index in [1.807, 2.05) is 0 Å². The Kier molecular flexibility index (Phi) is 5.02. The van der Waals surface area contributed by atoms with Gasteiger partial charge >= 0.3 is 6.09 Å². The molecule has 4 rings (SSSR count). The third kappa shape index (κ3) is 3.58. The Labute approximate surface area is 163 Å². The zero-order chi connectivity index (χ0) is 19.6. The lowest BCUT2D eigenvalue weighted by molar-refractivity contribution is 0.0876. The second-order valence-corrected chi connectivity index (χ2v) is 7.40. The van der Waals surface area contributed by atoms with Crippen molar-refractivity contribution >= 4 is 17.7 Å². The lowest BCUT2D eigenvalue weighted by atomic mass is 9.88. The number of cyclic esters (lactones) is 1. The summed E-state index contributed by atoms with van der Waals surface area (Å²) in [5.74, 6) is 0.867. The van der Waals surface area contributed by atoms with E-state index in [2.05, 4.69) is 15.5 Å². The summed E-state index contributed by atoms with van der Waals surface area (Å²) in [6.07, 6.45) is 5.49. The van der Waals surface area contributed by atoms with E-state index in [9.17, 15) is 9.59 Å². The molecule has 0 unspecified atom stereocenters. The average molecular weight is 384 g/mol. The summed E-state index contributed by atoms with van der Waals surface area (Å²) < 4.78 is 10.2. The highest BCUT2D eigenvalue weighted by Gasteiger charge is 2.39. The number of anilines is 1.